The van der Waals surface area contributed by atoms with Crippen LogP contribution in [0.3, 0.4) is 0 Å². The van der Waals surface area contributed by atoms with Gasteiger partial charge in [-0.1, -0.05) is 12.1 Å². The number of benzene rings is 1. The fraction of sp³-hybridized carbons (Fsp3) is 0.333. The lowest BCUT2D eigenvalue weighted by atomic mass is 10.1. The summed E-state index contributed by atoms with van der Waals surface area (Å²) in [4.78, 5) is 26.8. The molecule has 3 aromatic rings. The second kappa shape index (κ2) is 11.2. The van der Waals surface area contributed by atoms with E-state index in [9.17, 15) is 22.4 Å². The molecule has 0 fully saturated rings. The van der Waals surface area contributed by atoms with Crippen molar-refractivity contribution in [2.75, 3.05) is 32.5 Å². The number of hydrogen-bond donors (Lipinski definition) is 2. The number of anilines is 1. The van der Waals surface area contributed by atoms with Crippen molar-refractivity contribution < 1.29 is 22.4 Å². The topological polar surface area (TPSA) is 83.0 Å². The number of nitrogens with zero attached hydrogens (tertiary/aromatic N) is 4. The van der Waals surface area contributed by atoms with E-state index in [1.54, 1.807) is 19.1 Å². The largest absolute Gasteiger partial charge is 0.417 e. The number of amides is 1. The van der Waals surface area contributed by atoms with E-state index in [4.69, 9.17) is 0 Å². The Morgan fingerprint density at radius 1 is 1.09 bits per heavy atom. The first-order valence-electron chi connectivity index (χ1n) is 10.9. The van der Waals surface area contributed by atoms with Crippen LogP contribution < -0.4 is 10.6 Å². The van der Waals surface area contributed by atoms with Crippen molar-refractivity contribution in [1.29, 1.82) is 0 Å². The fourth-order valence-corrected chi connectivity index (χ4v) is 3.17. The molecule has 0 saturated carbocycles. The lowest BCUT2D eigenvalue weighted by Crippen LogP contribution is -2.28. The molecule has 2 heterocycles. The first-order valence-corrected chi connectivity index (χ1v) is 10.9. The van der Waals surface area contributed by atoms with Gasteiger partial charge < -0.3 is 15.5 Å². The van der Waals surface area contributed by atoms with Crippen LogP contribution in [-0.2, 0) is 12.7 Å². The van der Waals surface area contributed by atoms with Crippen molar-refractivity contribution in [3.05, 3.63) is 70.9 Å². The van der Waals surface area contributed by atoms with Crippen LogP contribution in [0.25, 0.3) is 11.4 Å². The number of alkyl halides is 3. The van der Waals surface area contributed by atoms with Crippen LogP contribution in [-0.4, -0.2) is 52.9 Å². The van der Waals surface area contributed by atoms with Gasteiger partial charge in [-0.15, -0.1) is 0 Å². The van der Waals surface area contributed by atoms with Crippen LogP contribution >= 0.6 is 0 Å². The van der Waals surface area contributed by atoms with E-state index < -0.39 is 23.5 Å². The molecule has 2 N–H and O–H groups in total. The van der Waals surface area contributed by atoms with Crippen LogP contribution in [0.2, 0.25) is 0 Å². The maximum Gasteiger partial charge on any atom is 0.417 e. The normalized spacial score (nSPS) is 11.5. The third-order valence-electron chi connectivity index (χ3n) is 5.02. The predicted octanol–water partition coefficient (Wildman–Crippen LogP) is 4.30. The highest BCUT2D eigenvalue weighted by atomic mass is 19.4. The van der Waals surface area contributed by atoms with Gasteiger partial charge in [0.2, 0.25) is 0 Å². The molecule has 186 valence electrons. The third-order valence-corrected chi connectivity index (χ3v) is 5.02. The number of halogens is 4. The highest BCUT2D eigenvalue weighted by molar-refractivity contribution is 5.93. The molecule has 0 aliphatic heterocycles. The zero-order valence-corrected chi connectivity index (χ0v) is 19.6. The van der Waals surface area contributed by atoms with Crippen LogP contribution in [0, 0.1) is 12.7 Å². The van der Waals surface area contributed by atoms with E-state index in [1.165, 1.54) is 18.3 Å². The Kier molecular flexibility index (Phi) is 8.34. The van der Waals surface area contributed by atoms with Gasteiger partial charge in [-0.2, -0.15) is 13.2 Å². The number of carbonyl (C=O) groups is 1. The number of pyridine rings is 1. The molecule has 0 saturated heterocycles. The highest BCUT2D eigenvalue weighted by Gasteiger charge is 2.31. The zero-order valence-electron chi connectivity index (χ0n) is 19.6. The third kappa shape index (κ3) is 7.44. The van der Waals surface area contributed by atoms with Gasteiger partial charge in [0, 0.05) is 42.7 Å². The zero-order chi connectivity index (χ0) is 25.6. The number of carbonyl (C=O) groups excluding carboxylic acids is 1. The van der Waals surface area contributed by atoms with Crippen LogP contribution in [0.4, 0.5) is 23.4 Å². The summed E-state index contributed by atoms with van der Waals surface area (Å²) in [6.07, 6.45) is -2.02. The van der Waals surface area contributed by atoms with Gasteiger partial charge in [0.25, 0.3) is 5.91 Å². The second-order valence-corrected chi connectivity index (χ2v) is 8.28. The van der Waals surface area contributed by atoms with Crippen LogP contribution in [0.15, 0.2) is 42.7 Å². The Morgan fingerprint density at radius 3 is 2.54 bits per heavy atom. The van der Waals surface area contributed by atoms with E-state index >= 15 is 0 Å². The predicted molar refractivity (Wildman–Crippen MR) is 124 cm³/mol. The average Bonchev–Trinajstić information content (AvgIpc) is 2.80. The highest BCUT2D eigenvalue weighted by Crippen LogP contribution is 2.31. The maximum absolute atomic E-state index is 14.2. The number of nitrogens with one attached hydrogen (secondary N) is 2. The summed E-state index contributed by atoms with van der Waals surface area (Å²) in [6, 6.07) is 7.01. The molecule has 1 aromatic carbocycles. The van der Waals surface area contributed by atoms with Gasteiger partial charge in [0.15, 0.2) is 5.82 Å². The molecule has 0 spiro atoms. The number of aryl methyl sites for hydroxylation is 1. The molecule has 0 bridgehead atoms. The molecule has 0 atom stereocenters. The number of rotatable bonds is 9. The Morgan fingerprint density at radius 2 is 1.86 bits per heavy atom. The average molecular weight is 491 g/mol. The Labute approximate surface area is 200 Å². The first kappa shape index (κ1) is 26.0. The second-order valence-electron chi connectivity index (χ2n) is 8.28. The smallest absolute Gasteiger partial charge is 0.366 e. The van der Waals surface area contributed by atoms with Crippen LogP contribution in [0.1, 0.15) is 33.6 Å². The van der Waals surface area contributed by atoms with E-state index in [0.717, 1.165) is 18.2 Å². The molecule has 7 nitrogen and oxygen atoms in total. The SMILES string of the molecule is Cc1ccc(CNc2cc(C(=O)NCCCN(C)C)nc(-c3cncc(C(F)(F)F)c3)n2)c(F)c1. The Bertz CT molecular complexity index is 1180. The van der Waals surface area contributed by atoms with Gasteiger partial charge in [0.1, 0.15) is 17.3 Å². The standard InChI is InChI=1S/C24H26F4N6O/c1-15-5-6-16(19(25)9-15)13-31-21-11-20(23(35)30-7-4-8-34(2)3)32-22(33-21)17-10-18(14-29-12-17)24(26,27)28/h5-6,9-12,14H,4,7-8,13H2,1-3H3,(H,30,35)(H,31,32,33). The quantitative estimate of drug-likeness (QED) is 0.344. The molecule has 2 aromatic heterocycles. The monoisotopic (exact) mass is 490 g/mol. The van der Waals surface area contributed by atoms with Crippen LogP contribution in [0.5, 0.6) is 0 Å². The van der Waals surface area contributed by atoms with Crippen molar-refractivity contribution in [1.82, 2.24) is 25.2 Å². The molecule has 11 heteroatoms. The van der Waals surface area contributed by atoms with Crippen molar-refractivity contribution in [3.63, 3.8) is 0 Å². The summed E-state index contributed by atoms with van der Waals surface area (Å²) in [5, 5.41) is 5.68. The minimum atomic E-state index is -4.60. The molecule has 0 unspecified atom stereocenters. The Balaban J connectivity index is 1.90. The van der Waals surface area contributed by atoms with Crippen molar-refractivity contribution in [2.24, 2.45) is 0 Å². The first-order chi connectivity index (χ1) is 16.5. The maximum atomic E-state index is 14.2. The van der Waals surface area contributed by atoms with Gasteiger partial charge in [-0.05, 0) is 51.7 Å². The van der Waals surface area contributed by atoms with Gasteiger partial charge in [0.05, 0.1) is 5.56 Å². The fourth-order valence-electron chi connectivity index (χ4n) is 3.17. The summed E-state index contributed by atoms with van der Waals surface area (Å²) >= 11 is 0. The van der Waals surface area contributed by atoms with E-state index in [2.05, 4.69) is 25.6 Å². The van der Waals surface area contributed by atoms with Crippen molar-refractivity contribution in [3.8, 4) is 11.4 Å². The van der Waals surface area contributed by atoms with Crippen molar-refractivity contribution in [2.45, 2.75) is 26.1 Å². The van der Waals surface area contributed by atoms with Gasteiger partial charge >= 0.3 is 6.18 Å². The summed E-state index contributed by atoms with van der Waals surface area (Å²) < 4.78 is 53.8. The Hall–Kier alpha value is -3.60. The number of aromatic nitrogens is 3. The van der Waals surface area contributed by atoms with Gasteiger partial charge in [-0.25, -0.2) is 14.4 Å². The lowest BCUT2D eigenvalue weighted by Gasteiger charge is -2.13. The molecule has 1 amide bonds. The molecule has 35 heavy (non-hydrogen) atoms. The van der Waals surface area contributed by atoms with E-state index in [0.29, 0.717) is 24.7 Å². The lowest BCUT2D eigenvalue weighted by molar-refractivity contribution is -0.137. The molecule has 3 rings (SSSR count). The molecule has 0 aliphatic rings. The summed E-state index contributed by atoms with van der Waals surface area (Å²) in [6.45, 7) is 2.97. The van der Waals surface area contributed by atoms with Crippen molar-refractivity contribution >= 4 is 11.7 Å². The minimum absolute atomic E-state index is 0.00773. The number of hydrogen-bond acceptors (Lipinski definition) is 6. The minimum Gasteiger partial charge on any atom is -0.366 e. The summed E-state index contributed by atoms with van der Waals surface area (Å²) in [5.41, 5.74) is 0.121. The molecular weight excluding hydrogens is 464 g/mol. The van der Waals surface area contributed by atoms with Gasteiger partial charge in [-0.3, -0.25) is 9.78 Å². The molecule has 0 aliphatic carbocycles. The summed E-state index contributed by atoms with van der Waals surface area (Å²) in [7, 11) is 3.83. The van der Waals surface area contributed by atoms with E-state index in [-0.39, 0.29) is 29.4 Å². The molecule has 0 radical (unpaired) electrons. The van der Waals surface area contributed by atoms with E-state index in [1.807, 2.05) is 19.0 Å². The summed E-state index contributed by atoms with van der Waals surface area (Å²) in [5.74, 6) is -0.869. The molecular formula is C24H26F4N6O.